The van der Waals surface area contributed by atoms with Crippen molar-refractivity contribution in [1.29, 1.82) is 0 Å². The Labute approximate surface area is 95.4 Å². The quantitative estimate of drug-likeness (QED) is 0.753. The van der Waals surface area contributed by atoms with E-state index in [1.807, 2.05) is 0 Å². The zero-order valence-corrected chi connectivity index (χ0v) is 10.8. The average Bonchev–Trinajstić information content (AvgIpc) is 2.42. The van der Waals surface area contributed by atoms with E-state index in [1.165, 1.54) is 51.9 Å². The number of hydrogen-bond donors (Lipinski definition) is 1. The largest absolute Gasteiger partial charge is 0.314 e. The molecule has 1 N–H and O–H groups in total. The van der Waals surface area contributed by atoms with Gasteiger partial charge in [-0.25, -0.2) is 0 Å². The third kappa shape index (κ3) is 5.53. The van der Waals surface area contributed by atoms with Crippen molar-refractivity contribution in [2.24, 2.45) is 5.92 Å². The minimum Gasteiger partial charge on any atom is -0.314 e. The maximum Gasteiger partial charge on any atom is 0.00797 e. The van der Waals surface area contributed by atoms with Gasteiger partial charge in [-0.2, -0.15) is 0 Å². The average molecular weight is 212 g/mol. The fourth-order valence-corrected chi connectivity index (χ4v) is 2.25. The molecule has 2 heteroatoms. The molecule has 15 heavy (non-hydrogen) atoms. The highest BCUT2D eigenvalue weighted by Crippen LogP contribution is 2.11. The molecule has 2 nitrogen and oxygen atoms in total. The second-order valence-electron chi connectivity index (χ2n) is 5.20. The smallest absolute Gasteiger partial charge is 0.00797 e. The molecule has 0 aliphatic carbocycles. The summed E-state index contributed by atoms with van der Waals surface area (Å²) in [5, 5.41) is 3.71. The van der Waals surface area contributed by atoms with Crippen LogP contribution in [0, 0.1) is 5.92 Å². The van der Waals surface area contributed by atoms with Crippen molar-refractivity contribution < 1.29 is 0 Å². The Kier molecular flexibility index (Phi) is 6.26. The first-order valence-corrected chi connectivity index (χ1v) is 6.68. The van der Waals surface area contributed by atoms with Gasteiger partial charge in [-0.1, -0.05) is 20.8 Å². The van der Waals surface area contributed by atoms with Crippen molar-refractivity contribution in [3.8, 4) is 0 Å². The normalized spacial score (nSPS) is 24.4. The first-order chi connectivity index (χ1) is 7.22. The van der Waals surface area contributed by atoms with Gasteiger partial charge in [0.15, 0.2) is 0 Å². The molecular formula is C13H28N2. The lowest BCUT2D eigenvalue weighted by Crippen LogP contribution is -2.32. The van der Waals surface area contributed by atoms with Gasteiger partial charge in [-0.15, -0.1) is 0 Å². The third-order valence-corrected chi connectivity index (χ3v) is 3.42. The van der Waals surface area contributed by atoms with Crippen LogP contribution in [0.15, 0.2) is 0 Å². The van der Waals surface area contributed by atoms with Crippen molar-refractivity contribution in [2.75, 3.05) is 26.2 Å². The molecule has 0 amide bonds. The molecule has 0 aromatic heterocycles. The number of hydrogen-bond acceptors (Lipinski definition) is 2. The Hall–Kier alpha value is -0.0800. The van der Waals surface area contributed by atoms with E-state index in [0.29, 0.717) is 0 Å². The van der Waals surface area contributed by atoms with Crippen LogP contribution in [-0.2, 0) is 0 Å². The summed E-state index contributed by atoms with van der Waals surface area (Å²) < 4.78 is 0. The molecule has 1 fully saturated rings. The lowest BCUT2D eigenvalue weighted by atomic mass is 10.1. The first-order valence-electron chi connectivity index (χ1n) is 6.68. The molecule has 1 rings (SSSR count). The van der Waals surface area contributed by atoms with Gasteiger partial charge in [0.25, 0.3) is 0 Å². The van der Waals surface area contributed by atoms with Crippen LogP contribution in [0.4, 0.5) is 0 Å². The third-order valence-electron chi connectivity index (χ3n) is 3.42. The SMILES string of the molecule is CCN1CCCC(NCCC(C)C)CC1. The topological polar surface area (TPSA) is 15.3 Å². The fraction of sp³-hybridized carbons (Fsp3) is 1.00. The summed E-state index contributed by atoms with van der Waals surface area (Å²) in [6.07, 6.45) is 5.39. The van der Waals surface area contributed by atoms with Crippen molar-refractivity contribution in [2.45, 2.75) is 52.5 Å². The summed E-state index contributed by atoms with van der Waals surface area (Å²) in [6.45, 7) is 11.9. The zero-order valence-electron chi connectivity index (χ0n) is 10.8. The summed E-state index contributed by atoms with van der Waals surface area (Å²) in [4.78, 5) is 2.57. The summed E-state index contributed by atoms with van der Waals surface area (Å²) in [5.74, 6) is 0.829. The highest BCUT2D eigenvalue weighted by molar-refractivity contribution is 4.74. The summed E-state index contributed by atoms with van der Waals surface area (Å²) in [5.41, 5.74) is 0. The predicted octanol–water partition coefficient (Wildman–Crippen LogP) is 2.50. The standard InChI is InChI=1S/C13H28N2/c1-4-15-10-5-6-13(8-11-15)14-9-7-12(2)3/h12-14H,4-11H2,1-3H3. The highest BCUT2D eigenvalue weighted by Gasteiger charge is 2.14. The van der Waals surface area contributed by atoms with Crippen molar-refractivity contribution in [1.82, 2.24) is 10.2 Å². The molecular weight excluding hydrogens is 184 g/mol. The molecule has 0 aromatic carbocycles. The molecule has 1 atom stereocenters. The minimum absolute atomic E-state index is 0.778. The van der Waals surface area contributed by atoms with Crippen LogP contribution < -0.4 is 5.32 Å². The molecule has 90 valence electrons. The number of likely N-dealkylation sites (tertiary alicyclic amines) is 1. The second-order valence-corrected chi connectivity index (χ2v) is 5.20. The van der Waals surface area contributed by atoms with Gasteiger partial charge in [0, 0.05) is 6.04 Å². The zero-order chi connectivity index (χ0) is 11.1. The van der Waals surface area contributed by atoms with Gasteiger partial charge in [-0.05, 0) is 57.8 Å². The highest BCUT2D eigenvalue weighted by atomic mass is 15.1. The van der Waals surface area contributed by atoms with Crippen LogP contribution in [0.3, 0.4) is 0 Å². The lowest BCUT2D eigenvalue weighted by molar-refractivity contribution is 0.297. The van der Waals surface area contributed by atoms with Crippen LogP contribution in [0.5, 0.6) is 0 Å². The predicted molar refractivity (Wildman–Crippen MR) is 67.2 cm³/mol. The van der Waals surface area contributed by atoms with E-state index in [0.717, 1.165) is 12.0 Å². The van der Waals surface area contributed by atoms with Crippen LogP contribution >= 0.6 is 0 Å². The molecule has 1 heterocycles. The maximum absolute atomic E-state index is 3.71. The summed E-state index contributed by atoms with van der Waals surface area (Å²) >= 11 is 0. The van der Waals surface area contributed by atoms with Gasteiger partial charge in [0.05, 0.1) is 0 Å². The molecule has 1 aliphatic heterocycles. The van der Waals surface area contributed by atoms with Gasteiger partial charge >= 0.3 is 0 Å². The van der Waals surface area contributed by atoms with Crippen molar-refractivity contribution >= 4 is 0 Å². The Morgan fingerprint density at radius 1 is 1.27 bits per heavy atom. The Morgan fingerprint density at radius 3 is 2.73 bits per heavy atom. The van der Waals surface area contributed by atoms with E-state index >= 15 is 0 Å². The van der Waals surface area contributed by atoms with Gasteiger partial charge < -0.3 is 10.2 Å². The maximum atomic E-state index is 3.71. The number of nitrogens with zero attached hydrogens (tertiary/aromatic N) is 1. The van der Waals surface area contributed by atoms with Gasteiger partial charge in [-0.3, -0.25) is 0 Å². The van der Waals surface area contributed by atoms with E-state index in [2.05, 4.69) is 31.0 Å². The Balaban J connectivity index is 2.14. The van der Waals surface area contributed by atoms with Crippen LogP contribution in [0.25, 0.3) is 0 Å². The molecule has 0 spiro atoms. The lowest BCUT2D eigenvalue weighted by Gasteiger charge is -2.18. The summed E-state index contributed by atoms with van der Waals surface area (Å²) in [7, 11) is 0. The Morgan fingerprint density at radius 2 is 2.07 bits per heavy atom. The van der Waals surface area contributed by atoms with Crippen molar-refractivity contribution in [3.63, 3.8) is 0 Å². The minimum atomic E-state index is 0.778. The van der Waals surface area contributed by atoms with E-state index in [9.17, 15) is 0 Å². The first kappa shape index (κ1) is 13.0. The van der Waals surface area contributed by atoms with Crippen LogP contribution in [0.2, 0.25) is 0 Å². The monoisotopic (exact) mass is 212 g/mol. The molecule has 1 saturated heterocycles. The van der Waals surface area contributed by atoms with E-state index in [4.69, 9.17) is 0 Å². The molecule has 0 radical (unpaired) electrons. The van der Waals surface area contributed by atoms with E-state index in [-0.39, 0.29) is 0 Å². The molecule has 0 saturated carbocycles. The number of rotatable bonds is 5. The summed E-state index contributed by atoms with van der Waals surface area (Å²) in [6, 6.07) is 0.778. The molecule has 1 aliphatic rings. The van der Waals surface area contributed by atoms with Gasteiger partial charge in [0.2, 0.25) is 0 Å². The molecule has 1 unspecified atom stereocenters. The molecule has 0 aromatic rings. The Bertz CT molecular complexity index is 157. The fourth-order valence-electron chi connectivity index (χ4n) is 2.25. The number of nitrogens with one attached hydrogen (secondary N) is 1. The second kappa shape index (κ2) is 7.24. The van der Waals surface area contributed by atoms with Gasteiger partial charge in [0.1, 0.15) is 0 Å². The van der Waals surface area contributed by atoms with Crippen molar-refractivity contribution in [3.05, 3.63) is 0 Å². The van der Waals surface area contributed by atoms with Crippen LogP contribution in [-0.4, -0.2) is 37.1 Å². The van der Waals surface area contributed by atoms with E-state index in [1.54, 1.807) is 0 Å². The van der Waals surface area contributed by atoms with Crippen LogP contribution in [0.1, 0.15) is 46.5 Å². The van der Waals surface area contributed by atoms with E-state index < -0.39 is 0 Å². The molecule has 0 bridgehead atoms.